The Hall–Kier alpha value is -4.10. The number of anilines is 1. The van der Waals surface area contributed by atoms with Crippen molar-refractivity contribution >= 4 is 11.6 Å². The zero-order valence-electron chi connectivity index (χ0n) is 21.3. The summed E-state index contributed by atoms with van der Waals surface area (Å²) in [5.74, 6) is 2.03. The Labute approximate surface area is 217 Å². The van der Waals surface area contributed by atoms with Crippen LogP contribution in [0, 0.1) is 6.92 Å². The maximum atomic E-state index is 12.7. The van der Waals surface area contributed by atoms with Crippen molar-refractivity contribution in [2.45, 2.75) is 20.0 Å². The first kappa shape index (κ1) is 24.6. The lowest BCUT2D eigenvalue weighted by Crippen LogP contribution is -2.46. The smallest absolute Gasteiger partial charge is 0.251 e. The summed E-state index contributed by atoms with van der Waals surface area (Å²) in [7, 11) is 1.63. The van der Waals surface area contributed by atoms with E-state index in [1.165, 1.54) is 5.69 Å². The van der Waals surface area contributed by atoms with Crippen LogP contribution >= 0.6 is 0 Å². The number of rotatable bonds is 8. The van der Waals surface area contributed by atoms with Gasteiger partial charge in [0.1, 0.15) is 11.5 Å². The molecule has 0 bridgehead atoms. The molecule has 1 N–H and O–H groups in total. The number of nitrogens with zero attached hydrogens (tertiary/aromatic N) is 3. The van der Waals surface area contributed by atoms with Gasteiger partial charge >= 0.3 is 0 Å². The van der Waals surface area contributed by atoms with Gasteiger partial charge in [0.05, 0.1) is 12.8 Å². The Morgan fingerprint density at radius 2 is 1.65 bits per heavy atom. The van der Waals surface area contributed by atoms with Gasteiger partial charge in [0.25, 0.3) is 5.91 Å². The zero-order valence-corrected chi connectivity index (χ0v) is 21.3. The molecule has 1 aromatic heterocycles. The highest BCUT2D eigenvalue weighted by molar-refractivity contribution is 5.94. The first-order valence-electron chi connectivity index (χ1n) is 12.6. The minimum atomic E-state index is -0.142. The van der Waals surface area contributed by atoms with Gasteiger partial charge in [-0.2, -0.15) is 0 Å². The second kappa shape index (κ2) is 11.3. The van der Waals surface area contributed by atoms with Gasteiger partial charge in [-0.3, -0.25) is 9.69 Å². The van der Waals surface area contributed by atoms with E-state index >= 15 is 0 Å². The average Bonchev–Trinajstić information content (AvgIpc) is 3.32. The number of carbonyl (C=O) groups excluding carboxylic acids is 1. The zero-order chi connectivity index (χ0) is 25.6. The molecule has 7 nitrogen and oxygen atoms in total. The molecule has 37 heavy (non-hydrogen) atoms. The van der Waals surface area contributed by atoms with Crippen LogP contribution in [0.25, 0.3) is 11.5 Å². The highest BCUT2D eigenvalue weighted by Crippen LogP contribution is 2.24. The van der Waals surface area contributed by atoms with Crippen molar-refractivity contribution < 1.29 is 13.9 Å². The van der Waals surface area contributed by atoms with Crippen molar-refractivity contribution in [3.63, 3.8) is 0 Å². The van der Waals surface area contributed by atoms with E-state index in [0.717, 1.165) is 61.1 Å². The van der Waals surface area contributed by atoms with Gasteiger partial charge < -0.3 is 19.4 Å². The molecular weight excluding hydrogens is 464 g/mol. The third kappa shape index (κ3) is 5.84. The van der Waals surface area contributed by atoms with Gasteiger partial charge in [-0.25, -0.2) is 4.98 Å². The minimum Gasteiger partial charge on any atom is -0.496 e. The van der Waals surface area contributed by atoms with Crippen LogP contribution in [0.3, 0.4) is 0 Å². The number of piperazine rings is 1. The topological polar surface area (TPSA) is 70.8 Å². The fourth-order valence-corrected chi connectivity index (χ4v) is 4.60. The van der Waals surface area contributed by atoms with Crippen LogP contribution in [0.2, 0.25) is 0 Å². The largest absolute Gasteiger partial charge is 0.496 e. The number of benzene rings is 3. The standard InChI is InChI=1S/C30H32N4O3/c1-22-27(21-33-16-18-34(19-17-33)26-9-4-3-5-10-26)32-30(37-22)24-14-12-23(13-15-24)29(35)31-20-25-8-6-7-11-28(25)36-2/h3-15H,16-21H2,1-2H3,(H,31,35). The lowest BCUT2D eigenvalue weighted by Gasteiger charge is -2.35. The van der Waals surface area contributed by atoms with Gasteiger partial charge in [-0.05, 0) is 49.4 Å². The van der Waals surface area contributed by atoms with Crippen molar-refractivity contribution in [3.8, 4) is 17.2 Å². The molecule has 0 atom stereocenters. The van der Waals surface area contributed by atoms with Crippen LogP contribution in [-0.2, 0) is 13.1 Å². The van der Waals surface area contributed by atoms with Crippen LogP contribution in [0.5, 0.6) is 5.75 Å². The van der Waals surface area contributed by atoms with E-state index in [1.807, 2.05) is 43.3 Å². The Morgan fingerprint density at radius 1 is 0.946 bits per heavy atom. The van der Waals surface area contributed by atoms with Crippen molar-refractivity contribution in [1.29, 1.82) is 0 Å². The predicted octanol–water partition coefficient (Wildman–Crippen LogP) is 4.91. The van der Waals surface area contributed by atoms with Crippen LogP contribution in [0.15, 0.2) is 83.3 Å². The van der Waals surface area contributed by atoms with E-state index in [0.29, 0.717) is 18.0 Å². The molecule has 0 radical (unpaired) electrons. The van der Waals surface area contributed by atoms with Gasteiger partial charge in [-0.15, -0.1) is 0 Å². The molecule has 1 aliphatic rings. The fourth-order valence-electron chi connectivity index (χ4n) is 4.60. The Balaban J connectivity index is 1.17. The molecule has 0 aliphatic carbocycles. The SMILES string of the molecule is COc1ccccc1CNC(=O)c1ccc(-c2nc(CN3CCN(c4ccccc4)CC3)c(C)o2)cc1. The van der Waals surface area contributed by atoms with Crippen LogP contribution < -0.4 is 15.0 Å². The molecule has 2 heterocycles. The normalized spacial score (nSPS) is 13.9. The molecular formula is C30H32N4O3. The molecule has 1 aliphatic heterocycles. The summed E-state index contributed by atoms with van der Waals surface area (Å²) in [5.41, 5.74) is 4.60. The first-order chi connectivity index (χ1) is 18.1. The molecule has 190 valence electrons. The molecule has 0 spiro atoms. The van der Waals surface area contributed by atoms with E-state index in [-0.39, 0.29) is 5.91 Å². The number of hydrogen-bond acceptors (Lipinski definition) is 6. The van der Waals surface area contributed by atoms with Crippen molar-refractivity contribution in [2.75, 3.05) is 38.2 Å². The number of amides is 1. The van der Waals surface area contributed by atoms with Gasteiger partial charge in [0.2, 0.25) is 5.89 Å². The quantitative estimate of drug-likeness (QED) is 0.374. The minimum absolute atomic E-state index is 0.142. The summed E-state index contributed by atoms with van der Waals surface area (Å²) in [4.78, 5) is 22.3. The highest BCUT2D eigenvalue weighted by atomic mass is 16.5. The summed E-state index contributed by atoms with van der Waals surface area (Å²) in [5, 5.41) is 2.95. The number of methoxy groups -OCH3 is 1. The van der Waals surface area contributed by atoms with Gasteiger partial charge in [0, 0.05) is 61.6 Å². The second-order valence-corrected chi connectivity index (χ2v) is 9.19. The number of carbonyl (C=O) groups is 1. The number of hydrogen-bond donors (Lipinski definition) is 1. The van der Waals surface area contributed by atoms with E-state index < -0.39 is 0 Å². The number of aromatic nitrogens is 1. The van der Waals surface area contributed by atoms with E-state index in [1.54, 1.807) is 19.2 Å². The lowest BCUT2D eigenvalue weighted by atomic mass is 10.1. The highest BCUT2D eigenvalue weighted by Gasteiger charge is 2.20. The van der Waals surface area contributed by atoms with E-state index in [2.05, 4.69) is 45.4 Å². The summed E-state index contributed by atoms with van der Waals surface area (Å²) in [6.45, 7) is 7.08. The second-order valence-electron chi connectivity index (χ2n) is 9.19. The van der Waals surface area contributed by atoms with Crippen LogP contribution in [0.1, 0.15) is 27.4 Å². The molecule has 0 saturated carbocycles. The van der Waals surface area contributed by atoms with Gasteiger partial charge in [-0.1, -0.05) is 36.4 Å². The summed E-state index contributed by atoms with van der Waals surface area (Å²) in [6.07, 6.45) is 0. The Kier molecular flexibility index (Phi) is 7.51. The molecule has 1 saturated heterocycles. The molecule has 3 aromatic carbocycles. The number of nitrogens with one attached hydrogen (secondary N) is 1. The third-order valence-electron chi connectivity index (χ3n) is 6.79. The summed E-state index contributed by atoms with van der Waals surface area (Å²) < 4.78 is 11.4. The average molecular weight is 497 g/mol. The van der Waals surface area contributed by atoms with Crippen LogP contribution in [-0.4, -0.2) is 49.1 Å². The Bertz CT molecular complexity index is 1330. The number of oxazole rings is 1. The third-order valence-corrected chi connectivity index (χ3v) is 6.79. The molecule has 4 aromatic rings. The molecule has 1 fully saturated rings. The lowest BCUT2D eigenvalue weighted by molar-refractivity contribution is 0.0950. The summed E-state index contributed by atoms with van der Waals surface area (Å²) in [6, 6.07) is 25.6. The summed E-state index contributed by atoms with van der Waals surface area (Å²) >= 11 is 0. The van der Waals surface area contributed by atoms with Crippen molar-refractivity contribution in [3.05, 3.63) is 101 Å². The monoisotopic (exact) mass is 496 g/mol. The van der Waals surface area contributed by atoms with Crippen molar-refractivity contribution in [1.82, 2.24) is 15.2 Å². The molecule has 5 rings (SSSR count). The number of ether oxygens (including phenoxy) is 1. The number of aryl methyl sites for hydroxylation is 1. The maximum absolute atomic E-state index is 12.7. The molecule has 0 unspecified atom stereocenters. The molecule has 7 heteroatoms. The van der Waals surface area contributed by atoms with E-state index in [9.17, 15) is 4.79 Å². The molecule has 1 amide bonds. The number of para-hydroxylation sites is 2. The van der Waals surface area contributed by atoms with Gasteiger partial charge in [0.15, 0.2) is 0 Å². The Morgan fingerprint density at radius 3 is 2.38 bits per heavy atom. The first-order valence-corrected chi connectivity index (χ1v) is 12.6. The van der Waals surface area contributed by atoms with Crippen LogP contribution in [0.4, 0.5) is 5.69 Å². The van der Waals surface area contributed by atoms with E-state index in [4.69, 9.17) is 14.1 Å². The fraction of sp³-hybridized carbons (Fsp3) is 0.267. The maximum Gasteiger partial charge on any atom is 0.251 e. The van der Waals surface area contributed by atoms with Crippen molar-refractivity contribution in [2.24, 2.45) is 0 Å². The predicted molar refractivity (Wildman–Crippen MR) is 145 cm³/mol.